The van der Waals surface area contributed by atoms with Gasteiger partial charge < -0.3 is 15.2 Å². The number of carbonyl (C=O) groups is 2. The van der Waals surface area contributed by atoms with E-state index in [-0.39, 0.29) is 17.4 Å². The van der Waals surface area contributed by atoms with Crippen LogP contribution < -0.4 is 5.32 Å². The van der Waals surface area contributed by atoms with Crippen molar-refractivity contribution in [3.8, 4) is 0 Å². The molecule has 1 aliphatic heterocycles. The highest BCUT2D eigenvalue weighted by molar-refractivity contribution is 5.87. The molecule has 1 aromatic rings. The summed E-state index contributed by atoms with van der Waals surface area (Å²) < 4.78 is 5.16. The fourth-order valence-corrected chi connectivity index (χ4v) is 2.08. The molecule has 0 bridgehead atoms. The number of hydrogen-bond donors (Lipinski definition) is 2. The summed E-state index contributed by atoms with van der Waals surface area (Å²) in [5.74, 6) is -0.953. The Kier molecular flexibility index (Phi) is 4.52. The zero-order chi connectivity index (χ0) is 13.7. The van der Waals surface area contributed by atoms with Crippen LogP contribution in [-0.2, 0) is 16.0 Å². The second-order valence-corrected chi connectivity index (χ2v) is 4.61. The number of aromatic carboxylic acids is 1. The highest BCUT2D eigenvalue weighted by Gasteiger charge is 2.22. The number of carboxylic acids is 1. The van der Waals surface area contributed by atoms with Gasteiger partial charge in [-0.05, 0) is 30.5 Å². The number of carbonyl (C=O) groups excluding carboxylic acids is 1. The quantitative estimate of drug-likeness (QED) is 0.833. The van der Waals surface area contributed by atoms with Crippen molar-refractivity contribution in [2.75, 3.05) is 19.8 Å². The summed E-state index contributed by atoms with van der Waals surface area (Å²) in [6, 6.07) is 6.76. The molecule has 5 heteroatoms. The van der Waals surface area contributed by atoms with Crippen LogP contribution in [-0.4, -0.2) is 36.7 Å². The van der Waals surface area contributed by atoms with Crippen LogP contribution in [0.1, 0.15) is 22.3 Å². The van der Waals surface area contributed by atoms with Crippen LogP contribution in [0.4, 0.5) is 0 Å². The van der Waals surface area contributed by atoms with Gasteiger partial charge in [0, 0.05) is 13.2 Å². The summed E-state index contributed by atoms with van der Waals surface area (Å²) in [4.78, 5) is 22.6. The summed E-state index contributed by atoms with van der Waals surface area (Å²) in [6.07, 6.45) is 1.40. The van der Waals surface area contributed by atoms with Gasteiger partial charge in [-0.3, -0.25) is 4.79 Å². The van der Waals surface area contributed by atoms with Crippen molar-refractivity contribution in [1.82, 2.24) is 5.32 Å². The third-order valence-corrected chi connectivity index (χ3v) is 3.19. The van der Waals surface area contributed by atoms with Crippen LogP contribution in [0.3, 0.4) is 0 Å². The number of nitrogens with one attached hydrogen (secondary N) is 1. The van der Waals surface area contributed by atoms with Gasteiger partial charge in [0.2, 0.25) is 5.91 Å². The lowest BCUT2D eigenvalue weighted by Crippen LogP contribution is -2.32. The van der Waals surface area contributed by atoms with Gasteiger partial charge in [0.05, 0.1) is 18.1 Å². The predicted molar refractivity (Wildman–Crippen MR) is 69.0 cm³/mol. The van der Waals surface area contributed by atoms with Crippen molar-refractivity contribution in [2.24, 2.45) is 5.92 Å². The van der Waals surface area contributed by atoms with Crippen molar-refractivity contribution < 1.29 is 19.4 Å². The molecule has 102 valence electrons. The molecular weight excluding hydrogens is 246 g/mol. The second-order valence-electron chi connectivity index (χ2n) is 4.61. The predicted octanol–water partition coefficient (Wildman–Crippen LogP) is 1.08. The van der Waals surface area contributed by atoms with Gasteiger partial charge in [-0.2, -0.15) is 0 Å². The molecule has 0 radical (unpaired) electrons. The maximum Gasteiger partial charge on any atom is 0.335 e. The van der Waals surface area contributed by atoms with Gasteiger partial charge in [-0.25, -0.2) is 4.79 Å². The van der Waals surface area contributed by atoms with E-state index in [0.29, 0.717) is 26.2 Å². The molecule has 5 nitrogen and oxygen atoms in total. The molecule has 1 atom stereocenters. The summed E-state index contributed by atoms with van der Waals surface area (Å²) >= 11 is 0. The van der Waals surface area contributed by atoms with Crippen LogP contribution in [0, 0.1) is 5.92 Å². The van der Waals surface area contributed by atoms with E-state index in [1.54, 1.807) is 18.2 Å². The van der Waals surface area contributed by atoms with Crippen LogP contribution in [0.5, 0.6) is 0 Å². The summed E-state index contributed by atoms with van der Waals surface area (Å²) in [5.41, 5.74) is 1.18. The largest absolute Gasteiger partial charge is 0.478 e. The Morgan fingerprint density at radius 1 is 1.42 bits per heavy atom. The van der Waals surface area contributed by atoms with Gasteiger partial charge in [-0.15, -0.1) is 0 Å². The Hall–Kier alpha value is -1.88. The molecule has 1 saturated heterocycles. The minimum atomic E-state index is -0.936. The van der Waals surface area contributed by atoms with E-state index in [2.05, 4.69) is 5.32 Å². The van der Waals surface area contributed by atoms with Crippen molar-refractivity contribution >= 4 is 11.9 Å². The number of benzene rings is 1. The molecule has 0 saturated carbocycles. The SMILES string of the molecule is O=C(O)c1cccc(CCNC(=O)[C@@H]2CCOC2)c1. The zero-order valence-corrected chi connectivity index (χ0v) is 10.6. The van der Waals surface area contributed by atoms with Gasteiger partial charge in [-0.1, -0.05) is 12.1 Å². The smallest absolute Gasteiger partial charge is 0.335 e. The third kappa shape index (κ3) is 3.79. The van der Waals surface area contributed by atoms with Crippen molar-refractivity contribution in [2.45, 2.75) is 12.8 Å². The molecule has 0 aromatic heterocycles. The number of hydrogen-bond acceptors (Lipinski definition) is 3. The maximum atomic E-state index is 11.7. The molecule has 1 amide bonds. The van der Waals surface area contributed by atoms with Gasteiger partial charge in [0.15, 0.2) is 0 Å². The normalized spacial score (nSPS) is 18.2. The fraction of sp³-hybridized carbons (Fsp3) is 0.429. The lowest BCUT2D eigenvalue weighted by Gasteiger charge is -2.09. The van der Waals surface area contributed by atoms with Crippen molar-refractivity contribution in [3.05, 3.63) is 35.4 Å². The van der Waals surface area contributed by atoms with Gasteiger partial charge >= 0.3 is 5.97 Å². The average molecular weight is 263 g/mol. The van der Waals surface area contributed by atoms with E-state index in [4.69, 9.17) is 9.84 Å². The Balaban J connectivity index is 1.80. The first kappa shape index (κ1) is 13.5. The summed E-state index contributed by atoms with van der Waals surface area (Å²) in [7, 11) is 0. The summed E-state index contributed by atoms with van der Waals surface area (Å²) in [6.45, 7) is 1.66. The lowest BCUT2D eigenvalue weighted by molar-refractivity contribution is -0.124. The minimum Gasteiger partial charge on any atom is -0.478 e. The second kappa shape index (κ2) is 6.33. The highest BCUT2D eigenvalue weighted by atomic mass is 16.5. The van der Waals surface area contributed by atoms with E-state index in [9.17, 15) is 9.59 Å². The molecule has 0 unspecified atom stereocenters. The molecule has 1 aromatic carbocycles. The molecule has 0 aliphatic carbocycles. The lowest BCUT2D eigenvalue weighted by atomic mass is 10.1. The Morgan fingerprint density at radius 3 is 2.95 bits per heavy atom. The van der Waals surface area contributed by atoms with Crippen LogP contribution >= 0.6 is 0 Å². The molecule has 0 spiro atoms. The van der Waals surface area contributed by atoms with E-state index < -0.39 is 5.97 Å². The maximum absolute atomic E-state index is 11.7. The van der Waals surface area contributed by atoms with Crippen LogP contribution in [0.25, 0.3) is 0 Å². The molecule has 1 fully saturated rings. The third-order valence-electron chi connectivity index (χ3n) is 3.19. The standard InChI is InChI=1S/C14H17NO4/c16-13(12-5-7-19-9-12)15-6-4-10-2-1-3-11(8-10)14(17)18/h1-3,8,12H,4-7,9H2,(H,15,16)(H,17,18)/t12-/m1/s1. The van der Waals surface area contributed by atoms with Crippen molar-refractivity contribution in [1.29, 1.82) is 0 Å². The molecule has 1 heterocycles. The van der Waals surface area contributed by atoms with E-state index >= 15 is 0 Å². The van der Waals surface area contributed by atoms with E-state index in [0.717, 1.165) is 12.0 Å². The minimum absolute atomic E-state index is 0.0203. The van der Waals surface area contributed by atoms with E-state index in [1.807, 2.05) is 6.07 Å². The average Bonchev–Trinajstić information content (AvgIpc) is 2.93. The zero-order valence-electron chi connectivity index (χ0n) is 10.6. The number of carboxylic acid groups (broad SMARTS) is 1. The molecule has 2 rings (SSSR count). The number of rotatable bonds is 5. The molecular formula is C14H17NO4. The van der Waals surface area contributed by atoms with Crippen LogP contribution in [0.2, 0.25) is 0 Å². The fourth-order valence-electron chi connectivity index (χ4n) is 2.08. The van der Waals surface area contributed by atoms with Gasteiger partial charge in [0.25, 0.3) is 0 Å². The molecule has 1 aliphatic rings. The van der Waals surface area contributed by atoms with Crippen LogP contribution in [0.15, 0.2) is 24.3 Å². The summed E-state index contributed by atoms with van der Waals surface area (Å²) in [5, 5.41) is 11.7. The first-order valence-corrected chi connectivity index (χ1v) is 6.34. The van der Waals surface area contributed by atoms with Crippen molar-refractivity contribution in [3.63, 3.8) is 0 Å². The van der Waals surface area contributed by atoms with Gasteiger partial charge in [0.1, 0.15) is 0 Å². The Bertz CT molecular complexity index is 466. The monoisotopic (exact) mass is 263 g/mol. The van der Waals surface area contributed by atoms with E-state index in [1.165, 1.54) is 0 Å². The Labute approximate surface area is 111 Å². The Morgan fingerprint density at radius 2 is 2.26 bits per heavy atom. The highest BCUT2D eigenvalue weighted by Crippen LogP contribution is 2.12. The first-order chi connectivity index (χ1) is 9.16. The molecule has 19 heavy (non-hydrogen) atoms. The number of ether oxygens (including phenoxy) is 1. The molecule has 2 N–H and O–H groups in total. The number of amides is 1. The first-order valence-electron chi connectivity index (χ1n) is 6.34. The topological polar surface area (TPSA) is 75.6 Å².